The average Bonchev–Trinajstić information content (AvgIpc) is 3.44. The second kappa shape index (κ2) is 11.1. The number of nitrogens with zero attached hydrogens (tertiary/aromatic N) is 2. The van der Waals surface area contributed by atoms with E-state index < -0.39 is 0 Å². The van der Waals surface area contributed by atoms with Crippen molar-refractivity contribution in [2.75, 3.05) is 33.4 Å². The summed E-state index contributed by atoms with van der Waals surface area (Å²) in [5.41, 5.74) is 1.06. The predicted molar refractivity (Wildman–Crippen MR) is 119 cm³/mol. The first-order valence-corrected chi connectivity index (χ1v) is 11.3. The standard InChI is InChI=1S/C23H36N4O3/c1-4-24-23(25-15-17-10-11-20(29-3)21(14-17)30-5-2)26-19-12-13-27(16-19)22(28)18-8-6-7-9-18/h10-11,14,18-19H,4-9,12-13,15-16H2,1-3H3,(H2,24,25,26). The van der Waals surface area contributed by atoms with Crippen LogP contribution in [0.15, 0.2) is 23.2 Å². The van der Waals surface area contributed by atoms with E-state index in [0.29, 0.717) is 19.1 Å². The number of hydrogen-bond acceptors (Lipinski definition) is 4. The summed E-state index contributed by atoms with van der Waals surface area (Å²) in [6.45, 7) is 7.53. The normalized spacial score (nSPS) is 19.8. The van der Waals surface area contributed by atoms with E-state index in [4.69, 9.17) is 14.5 Å². The highest BCUT2D eigenvalue weighted by Crippen LogP contribution is 2.29. The van der Waals surface area contributed by atoms with E-state index in [9.17, 15) is 4.79 Å². The summed E-state index contributed by atoms with van der Waals surface area (Å²) >= 11 is 0. The number of guanidine groups is 1. The number of rotatable bonds is 8. The lowest BCUT2D eigenvalue weighted by Gasteiger charge is -2.21. The zero-order chi connectivity index (χ0) is 21.3. The number of nitrogens with one attached hydrogen (secondary N) is 2. The van der Waals surface area contributed by atoms with Crippen LogP contribution < -0.4 is 20.1 Å². The molecule has 1 saturated heterocycles. The second-order valence-electron chi connectivity index (χ2n) is 8.01. The fraction of sp³-hybridized carbons (Fsp3) is 0.652. The number of carbonyl (C=O) groups excluding carboxylic acids is 1. The summed E-state index contributed by atoms with van der Waals surface area (Å²) in [5.74, 6) is 2.85. The Morgan fingerprint density at radius 3 is 2.70 bits per heavy atom. The van der Waals surface area contributed by atoms with Gasteiger partial charge >= 0.3 is 0 Å². The Morgan fingerprint density at radius 1 is 1.20 bits per heavy atom. The van der Waals surface area contributed by atoms with Gasteiger partial charge in [-0.15, -0.1) is 0 Å². The van der Waals surface area contributed by atoms with Crippen molar-refractivity contribution in [3.63, 3.8) is 0 Å². The van der Waals surface area contributed by atoms with Crippen molar-refractivity contribution in [1.29, 1.82) is 0 Å². The number of aliphatic imine (C=N–C) groups is 1. The molecule has 1 amide bonds. The summed E-state index contributed by atoms with van der Waals surface area (Å²) in [6, 6.07) is 6.14. The molecule has 1 aliphatic carbocycles. The van der Waals surface area contributed by atoms with Gasteiger partial charge in [-0.2, -0.15) is 0 Å². The second-order valence-corrected chi connectivity index (χ2v) is 8.01. The van der Waals surface area contributed by atoms with Crippen molar-refractivity contribution in [2.24, 2.45) is 10.9 Å². The van der Waals surface area contributed by atoms with Gasteiger partial charge in [-0.3, -0.25) is 4.79 Å². The van der Waals surface area contributed by atoms with E-state index in [1.807, 2.05) is 30.0 Å². The Bertz CT molecular complexity index is 731. The van der Waals surface area contributed by atoms with E-state index in [1.54, 1.807) is 7.11 Å². The lowest BCUT2D eigenvalue weighted by Crippen LogP contribution is -2.45. The van der Waals surface area contributed by atoms with Gasteiger partial charge in [0.1, 0.15) is 0 Å². The lowest BCUT2D eigenvalue weighted by atomic mass is 10.1. The first kappa shape index (κ1) is 22.2. The molecule has 7 nitrogen and oxygen atoms in total. The van der Waals surface area contributed by atoms with Crippen LogP contribution in [0.3, 0.4) is 0 Å². The zero-order valence-electron chi connectivity index (χ0n) is 18.6. The number of hydrogen-bond donors (Lipinski definition) is 2. The van der Waals surface area contributed by atoms with Crippen molar-refractivity contribution in [3.05, 3.63) is 23.8 Å². The number of carbonyl (C=O) groups is 1. The number of benzene rings is 1. The molecular weight excluding hydrogens is 380 g/mol. The van der Waals surface area contributed by atoms with Gasteiger partial charge in [0.15, 0.2) is 17.5 Å². The van der Waals surface area contributed by atoms with Crippen LogP contribution in [0.25, 0.3) is 0 Å². The van der Waals surface area contributed by atoms with Crippen LogP contribution in [-0.4, -0.2) is 56.2 Å². The fourth-order valence-electron chi connectivity index (χ4n) is 4.28. The van der Waals surface area contributed by atoms with Gasteiger partial charge in [0, 0.05) is 31.6 Å². The molecule has 1 aromatic rings. The minimum atomic E-state index is 0.239. The molecule has 1 aliphatic heterocycles. The molecule has 1 unspecified atom stereocenters. The van der Waals surface area contributed by atoms with Gasteiger partial charge in [0.25, 0.3) is 0 Å². The van der Waals surface area contributed by atoms with Crippen molar-refractivity contribution in [1.82, 2.24) is 15.5 Å². The van der Waals surface area contributed by atoms with Crippen LogP contribution >= 0.6 is 0 Å². The Hall–Kier alpha value is -2.44. The number of ether oxygens (including phenoxy) is 2. The van der Waals surface area contributed by atoms with Crippen LogP contribution in [0.5, 0.6) is 11.5 Å². The maximum atomic E-state index is 12.7. The summed E-state index contributed by atoms with van der Waals surface area (Å²) < 4.78 is 11.0. The molecule has 1 saturated carbocycles. The van der Waals surface area contributed by atoms with Gasteiger partial charge in [-0.25, -0.2) is 4.99 Å². The highest BCUT2D eigenvalue weighted by Gasteiger charge is 2.32. The fourth-order valence-corrected chi connectivity index (χ4v) is 4.28. The van der Waals surface area contributed by atoms with Crippen molar-refractivity contribution >= 4 is 11.9 Å². The molecular formula is C23H36N4O3. The molecule has 166 valence electrons. The molecule has 1 atom stereocenters. The minimum Gasteiger partial charge on any atom is -0.493 e. The number of likely N-dealkylation sites (tertiary alicyclic amines) is 1. The van der Waals surface area contributed by atoms with Gasteiger partial charge in [0.05, 0.1) is 20.3 Å². The zero-order valence-corrected chi connectivity index (χ0v) is 18.6. The summed E-state index contributed by atoms with van der Waals surface area (Å²) in [7, 11) is 1.64. The number of methoxy groups -OCH3 is 1. The molecule has 30 heavy (non-hydrogen) atoms. The van der Waals surface area contributed by atoms with E-state index >= 15 is 0 Å². The largest absolute Gasteiger partial charge is 0.493 e. The molecule has 7 heteroatoms. The number of amides is 1. The van der Waals surface area contributed by atoms with Crippen LogP contribution in [0.4, 0.5) is 0 Å². The Morgan fingerprint density at radius 2 is 2.00 bits per heavy atom. The smallest absolute Gasteiger partial charge is 0.225 e. The maximum Gasteiger partial charge on any atom is 0.225 e. The third-order valence-electron chi connectivity index (χ3n) is 5.84. The Kier molecular flexibility index (Phi) is 8.22. The third-order valence-corrected chi connectivity index (χ3v) is 5.84. The Balaban J connectivity index is 1.58. The van der Waals surface area contributed by atoms with E-state index in [-0.39, 0.29) is 12.0 Å². The Labute approximate surface area is 180 Å². The quantitative estimate of drug-likeness (QED) is 0.503. The molecule has 0 bridgehead atoms. The highest BCUT2D eigenvalue weighted by molar-refractivity contribution is 5.81. The predicted octanol–water partition coefficient (Wildman–Crippen LogP) is 2.94. The van der Waals surface area contributed by atoms with E-state index in [0.717, 1.165) is 61.9 Å². The van der Waals surface area contributed by atoms with Crippen LogP contribution in [0, 0.1) is 5.92 Å². The molecule has 1 aromatic carbocycles. The SMILES string of the molecule is CCNC(=NCc1ccc(OC)c(OCC)c1)NC1CCN(C(=O)C2CCCC2)C1. The highest BCUT2D eigenvalue weighted by atomic mass is 16.5. The molecule has 3 rings (SSSR count). The molecule has 0 spiro atoms. The molecule has 2 fully saturated rings. The molecule has 0 radical (unpaired) electrons. The van der Waals surface area contributed by atoms with E-state index in [2.05, 4.69) is 17.6 Å². The van der Waals surface area contributed by atoms with Gasteiger partial charge in [-0.05, 0) is 50.8 Å². The van der Waals surface area contributed by atoms with Gasteiger partial charge in [0.2, 0.25) is 5.91 Å². The third kappa shape index (κ3) is 5.80. The first-order valence-electron chi connectivity index (χ1n) is 11.3. The minimum absolute atomic E-state index is 0.239. The summed E-state index contributed by atoms with van der Waals surface area (Å²) in [5, 5.41) is 6.83. The first-order chi connectivity index (χ1) is 14.6. The van der Waals surface area contributed by atoms with Gasteiger partial charge < -0.3 is 25.0 Å². The molecule has 1 heterocycles. The lowest BCUT2D eigenvalue weighted by molar-refractivity contribution is -0.134. The molecule has 2 N–H and O–H groups in total. The summed E-state index contributed by atoms with van der Waals surface area (Å²) in [6.07, 6.45) is 5.46. The average molecular weight is 417 g/mol. The van der Waals surface area contributed by atoms with Crippen molar-refractivity contribution < 1.29 is 14.3 Å². The summed E-state index contributed by atoms with van der Waals surface area (Å²) in [4.78, 5) is 19.5. The monoisotopic (exact) mass is 416 g/mol. The van der Waals surface area contributed by atoms with Crippen LogP contribution in [0.2, 0.25) is 0 Å². The molecule has 2 aliphatic rings. The maximum absolute atomic E-state index is 12.7. The topological polar surface area (TPSA) is 75.2 Å². The van der Waals surface area contributed by atoms with Gasteiger partial charge in [-0.1, -0.05) is 18.9 Å². The van der Waals surface area contributed by atoms with Crippen molar-refractivity contribution in [3.8, 4) is 11.5 Å². The van der Waals surface area contributed by atoms with E-state index in [1.165, 1.54) is 12.8 Å². The molecule has 0 aromatic heterocycles. The van der Waals surface area contributed by atoms with Crippen molar-refractivity contribution in [2.45, 2.75) is 58.5 Å². The van der Waals surface area contributed by atoms with Crippen LogP contribution in [-0.2, 0) is 11.3 Å². The van der Waals surface area contributed by atoms with Crippen LogP contribution in [0.1, 0.15) is 51.5 Å².